The van der Waals surface area contributed by atoms with Gasteiger partial charge in [0, 0.05) is 18.2 Å². The highest BCUT2D eigenvalue weighted by atomic mass is 16.1. The van der Waals surface area contributed by atoms with E-state index in [-0.39, 0.29) is 5.78 Å². The molecule has 5 heteroatoms. The first-order valence-electron chi connectivity index (χ1n) is 7.46. The molecule has 5 nitrogen and oxygen atoms in total. The predicted molar refractivity (Wildman–Crippen MR) is 82.8 cm³/mol. The molecule has 0 unspecified atom stereocenters. The molecule has 0 amide bonds. The van der Waals surface area contributed by atoms with Crippen LogP contribution in [0.1, 0.15) is 35.0 Å². The largest absolute Gasteiger partial charge is 0.294 e. The number of hydrogen-bond acceptors (Lipinski definition) is 4. The Morgan fingerprint density at radius 2 is 1.91 bits per heavy atom. The van der Waals surface area contributed by atoms with Crippen molar-refractivity contribution < 1.29 is 4.79 Å². The minimum atomic E-state index is 0.149. The molecule has 1 aliphatic rings. The van der Waals surface area contributed by atoms with E-state index >= 15 is 0 Å². The van der Waals surface area contributed by atoms with Gasteiger partial charge in [-0.2, -0.15) is 4.98 Å². The molecule has 1 atom stereocenters. The van der Waals surface area contributed by atoms with Crippen molar-refractivity contribution in [1.82, 2.24) is 19.6 Å². The van der Waals surface area contributed by atoms with Crippen molar-refractivity contribution in [3.05, 3.63) is 47.3 Å². The molecule has 0 aliphatic heterocycles. The number of fused-ring (bicyclic) bond motifs is 2. The van der Waals surface area contributed by atoms with E-state index in [1.807, 2.05) is 31.2 Å². The molecule has 2 heterocycles. The third kappa shape index (κ3) is 2.09. The Morgan fingerprint density at radius 3 is 2.68 bits per heavy atom. The summed E-state index contributed by atoms with van der Waals surface area (Å²) in [7, 11) is 0. The van der Waals surface area contributed by atoms with Gasteiger partial charge in [0.05, 0.1) is 11.3 Å². The molecule has 0 fully saturated rings. The fraction of sp³-hybridized carbons (Fsp3) is 0.294. The maximum Gasteiger partial charge on any atom is 0.252 e. The standard InChI is InChI=1S/C17H16N4O/c1-10-3-5-12(6-4-10)16-19-17-18-14-7-11(2)8-15(22)13(14)9-21(17)20-16/h3-6,9,11H,7-8H2,1-2H3/t11-/m1/s1. The molecular formula is C17H16N4O. The van der Waals surface area contributed by atoms with Gasteiger partial charge in [0.1, 0.15) is 0 Å². The van der Waals surface area contributed by atoms with Crippen molar-refractivity contribution in [2.24, 2.45) is 5.92 Å². The number of Topliss-reactive ketones (excluding diaryl/α,β-unsaturated/α-hetero) is 1. The Labute approximate surface area is 128 Å². The van der Waals surface area contributed by atoms with Crippen molar-refractivity contribution in [2.75, 3.05) is 0 Å². The first kappa shape index (κ1) is 13.1. The van der Waals surface area contributed by atoms with Crippen LogP contribution in [0.25, 0.3) is 17.2 Å². The summed E-state index contributed by atoms with van der Waals surface area (Å²) in [5.74, 6) is 1.68. The fourth-order valence-corrected chi connectivity index (χ4v) is 2.90. The Bertz CT molecular complexity index is 880. The number of aryl methyl sites for hydroxylation is 1. The zero-order valence-corrected chi connectivity index (χ0v) is 12.6. The van der Waals surface area contributed by atoms with E-state index in [0.717, 1.165) is 17.7 Å². The molecule has 3 aromatic rings. The molecule has 4 rings (SSSR count). The van der Waals surface area contributed by atoms with Crippen molar-refractivity contribution in [3.8, 4) is 11.4 Å². The van der Waals surface area contributed by atoms with Crippen molar-refractivity contribution in [1.29, 1.82) is 0 Å². The fourth-order valence-electron chi connectivity index (χ4n) is 2.90. The van der Waals surface area contributed by atoms with Crippen LogP contribution in [-0.4, -0.2) is 25.4 Å². The normalized spacial score (nSPS) is 17.7. The highest BCUT2D eigenvalue weighted by molar-refractivity contribution is 5.98. The van der Waals surface area contributed by atoms with E-state index < -0.39 is 0 Å². The molecule has 2 aromatic heterocycles. The van der Waals surface area contributed by atoms with E-state index in [1.165, 1.54) is 5.56 Å². The molecular weight excluding hydrogens is 276 g/mol. The van der Waals surface area contributed by atoms with Crippen LogP contribution in [0, 0.1) is 12.8 Å². The molecule has 0 radical (unpaired) electrons. The first-order chi connectivity index (χ1) is 10.6. The molecule has 0 saturated carbocycles. The monoisotopic (exact) mass is 292 g/mol. The minimum Gasteiger partial charge on any atom is -0.294 e. The van der Waals surface area contributed by atoms with E-state index in [2.05, 4.69) is 22.0 Å². The maximum atomic E-state index is 12.2. The van der Waals surface area contributed by atoms with Gasteiger partial charge in [0.25, 0.3) is 5.78 Å². The van der Waals surface area contributed by atoms with Gasteiger partial charge in [-0.15, -0.1) is 5.10 Å². The van der Waals surface area contributed by atoms with Gasteiger partial charge < -0.3 is 0 Å². The Morgan fingerprint density at radius 1 is 1.14 bits per heavy atom. The summed E-state index contributed by atoms with van der Waals surface area (Å²) in [4.78, 5) is 21.2. The zero-order chi connectivity index (χ0) is 15.3. The van der Waals surface area contributed by atoms with Gasteiger partial charge in [-0.1, -0.05) is 36.8 Å². The van der Waals surface area contributed by atoms with Crippen LogP contribution < -0.4 is 0 Å². The van der Waals surface area contributed by atoms with Gasteiger partial charge in [-0.3, -0.25) is 4.79 Å². The van der Waals surface area contributed by atoms with E-state index in [4.69, 9.17) is 0 Å². The summed E-state index contributed by atoms with van der Waals surface area (Å²) in [6.45, 7) is 4.12. The number of nitrogens with zero attached hydrogens (tertiary/aromatic N) is 4. The maximum absolute atomic E-state index is 12.2. The van der Waals surface area contributed by atoms with Crippen molar-refractivity contribution in [3.63, 3.8) is 0 Å². The summed E-state index contributed by atoms with van der Waals surface area (Å²) >= 11 is 0. The third-order valence-corrected chi connectivity index (χ3v) is 4.10. The smallest absolute Gasteiger partial charge is 0.252 e. The molecule has 1 aliphatic carbocycles. The summed E-state index contributed by atoms with van der Waals surface area (Å²) in [6.07, 6.45) is 3.18. The van der Waals surface area contributed by atoms with Gasteiger partial charge in [-0.25, -0.2) is 9.50 Å². The summed E-state index contributed by atoms with van der Waals surface area (Å²) in [6, 6.07) is 8.06. The topological polar surface area (TPSA) is 60.1 Å². The SMILES string of the molecule is Cc1ccc(-c2nc3nc4c(cn3n2)C(=O)C[C@H](C)C4)cc1. The van der Waals surface area contributed by atoms with Gasteiger partial charge in [-0.05, 0) is 19.3 Å². The van der Waals surface area contributed by atoms with Crippen LogP contribution >= 0.6 is 0 Å². The van der Waals surface area contributed by atoms with Crippen LogP contribution in [0.4, 0.5) is 0 Å². The second kappa shape index (κ2) is 4.73. The summed E-state index contributed by atoms with van der Waals surface area (Å²) in [5.41, 5.74) is 3.68. The lowest BCUT2D eigenvalue weighted by molar-refractivity contribution is 0.0951. The number of benzene rings is 1. The second-order valence-electron chi connectivity index (χ2n) is 6.08. The summed E-state index contributed by atoms with van der Waals surface area (Å²) < 4.78 is 1.61. The van der Waals surface area contributed by atoms with Crippen LogP contribution in [0.5, 0.6) is 0 Å². The number of carbonyl (C=O) groups is 1. The molecule has 0 saturated heterocycles. The third-order valence-electron chi connectivity index (χ3n) is 4.10. The zero-order valence-electron chi connectivity index (χ0n) is 12.6. The quantitative estimate of drug-likeness (QED) is 0.692. The van der Waals surface area contributed by atoms with Crippen LogP contribution in [0.15, 0.2) is 30.5 Å². The molecule has 22 heavy (non-hydrogen) atoms. The number of aromatic nitrogens is 4. The highest BCUT2D eigenvalue weighted by Gasteiger charge is 2.25. The van der Waals surface area contributed by atoms with Crippen molar-refractivity contribution >= 4 is 11.6 Å². The predicted octanol–water partition coefficient (Wildman–Crippen LogP) is 2.86. The lowest BCUT2D eigenvalue weighted by Crippen LogP contribution is -2.20. The minimum absolute atomic E-state index is 0.149. The van der Waals surface area contributed by atoms with Gasteiger partial charge in [0.15, 0.2) is 11.6 Å². The summed E-state index contributed by atoms with van der Waals surface area (Å²) in [5, 5.41) is 4.47. The molecule has 0 spiro atoms. The number of hydrogen-bond donors (Lipinski definition) is 0. The molecule has 0 bridgehead atoms. The average molecular weight is 292 g/mol. The Hall–Kier alpha value is -2.56. The van der Waals surface area contributed by atoms with E-state index in [0.29, 0.717) is 29.5 Å². The highest BCUT2D eigenvalue weighted by Crippen LogP contribution is 2.25. The molecule has 1 aromatic carbocycles. The lowest BCUT2D eigenvalue weighted by atomic mass is 9.88. The number of ketones is 1. The Kier molecular flexibility index (Phi) is 2.82. The number of rotatable bonds is 1. The first-order valence-corrected chi connectivity index (χ1v) is 7.46. The molecule has 0 N–H and O–H groups in total. The molecule has 110 valence electrons. The lowest BCUT2D eigenvalue weighted by Gasteiger charge is -2.18. The van der Waals surface area contributed by atoms with Crippen LogP contribution in [0.2, 0.25) is 0 Å². The van der Waals surface area contributed by atoms with E-state index in [9.17, 15) is 4.79 Å². The second-order valence-corrected chi connectivity index (χ2v) is 6.08. The average Bonchev–Trinajstić information content (AvgIpc) is 2.89. The van der Waals surface area contributed by atoms with E-state index in [1.54, 1.807) is 10.7 Å². The van der Waals surface area contributed by atoms with Gasteiger partial charge in [0.2, 0.25) is 0 Å². The Balaban J connectivity index is 1.84. The van der Waals surface area contributed by atoms with Crippen molar-refractivity contribution in [2.45, 2.75) is 26.7 Å². The number of carbonyl (C=O) groups excluding carboxylic acids is 1. The van der Waals surface area contributed by atoms with Gasteiger partial charge >= 0.3 is 0 Å². The van der Waals surface area contributed by atoms with Crippen LogP contribution in [-0.2, 0) is 6.42 Å². The van der Waals surface area contributed by atoms with Crippen LogP contribution in [0.3, 0.4) is 0 Å².